The molecule has 0 aliphatic heterocycles. The van der Waals surface area contributed by atoms with Crippen LogP contribution in [0.1, 0.15) is 42.9 Å². The Balaban J connectivity index is 1.70. The molecular formula is C27H35N5O2. The van der Waals surface area contributed by atoms with Crippen LogP contribution in [0.25, 0.3) is 10.9 Å². The Hall–Kier alpha value is -3.29. The number of carbonyl (C=O) groups is 2. The summed E-state index contributed by atoms with van der Waals surface area (Å²) in [6.07, 6.45) is 5.14. The smallest absolute Gasteiger partial charge is 0.243 e. The van der Waals surface area contributed by atoms with Gasteiger partial charge in [-0.15, -0.1) is 0 Å². The predicted molar refractivity (Wildman–Crippen MR) is 136 cm³/mol. The van der Waals surface area contributed by atoms with Gasteiger partial charge in [-0.2, -0.15) is 0 Å². The molecule has 7 nitrogen and oxygen atoms in total. The van der Waals surface area contributed by atoms with Gasteiger partial charge in [-0.1, -0.05) is 55.8 Å². The van der Waals surface area contributed by atoms with Gasteiger partial charge in [0.25, 0.3) is 0 Å². The van der Waals surface area contributed by atoms with Crippen molar-refractivity contribution in [2.75, 3.05) is 6.54 Å². The number of hydrogen-bond donors (Lipinski definition) is 4. The van der Waals surface area contributed by atoms with E-state index in [-0.39, 0.29) is 11.8 Å². The fourth-order valence-electron chi connectivity index (χ4n) is 3.80. The molecule has 0 aliphatic rings. The zero-order chi connectivity index (χ0) is 24.3. The lowest BCUT2D eigenvalue weighted by Crippen LogP contribution is -2.52. The number of nitrogens with one attached hydrogen (secondary N) is 2. The van der Waals surface area contributed by atoms with Crippen molar-refractivity contribution in [3.8, 4) is 0 Å². The molecule has 0 saturated heterocycles. The molecule has 1 aromatic heterocycles. The molecular weight excluding hydrogens is 426 g/mol. The van der Waals surface area contributed by atoms with E-state index in [1.165, 1.54) is 5.56 Å². The number of hydrogen-bond acceptors (Lipinski definition) is 5. The second-order valence-corrected chi connectivity index (χ2v) is 8.58. The van der Waals surface area contributed by atoms with Gasteiger partial charge in [0.15, 0.2) is 0 Å². The Labute approximate surface area is 201 Å². The average Bonchev–Trinajstić information content (AvgIpc) is 2.87. The highest BCUT2D eigenvalue weighted by molar-refractivity contribution is 5.90. The van der Waals surface area contributed by atoms with E-state index in [0.717, 1.165) is 41.3 Å². The molecule has 0 aliphatic carbocycles. The van der Waals surface area contributed by atoms with Gasteiger partial charge in [0.1, 0.15) is 6.04 Å². The number of aryl methyl sites for hydroxylation is 1. The van der Waals surface area contributed by atoms with Gasteiger partial charge in [-0.3, -0.25) is 14.6 Å². The van der Waals surface area contributed by atoms with E-state index in [4.69, 9.17) is 11.5 Å². The summed E-state index contributed by atoms with van der Waals surface area (Å²) in [6, 6.07) is 16.5. The van der Waals surface area contributed by atoms with Crippen molar-refractivity contribution in [3.05, 3.63) is 77.5 Å². The molecule has 2 aromatic carbocycles. The number of carbonyl (C=O) groups excluding carboxylic acids is 2. The van der Waals surface area contributed by atoms with Crippen molar-refractivity contribution in [1.29, 1.82) is 0 Å². The highest BCUT2D eigenvalue weighted by Crippen LogP contribution is 2.14. The van der Waals surface area contributed by atoms with Crippen molar-refractivity contribution in [2.45, 2.75) is 57.7 Å². The van der Waals surface area contributed by atoms with Crippen LogP contribution in [-0.4, -0.2) is 35.4 Å². The summed E-state index contributed by atoms with van der Waals surface area (Å²) in [7, 11) is 0. The van der Waals surface area contributed by atoms with Gasteiger partial charge >= 0.3 is 0 Å². The largest absolute Gasteiger partial charge is 0.350 e. The second kappa shape index (κ2) is 12.8. The Morgan fingerprint density at radius 2 is 1.71 bits per heavy atom. The zero-order valence-electron chi connectivity index (χ0n) is 19.8. The highest BCUT2D eigenvalue weighted by Gasteiger charge is 2.24. The third kappa shape index (κ3) is 7.37. The van der Waals surface area contributed by atoms with E-state index in [1.807, 2.05) is 42.5 Å². The molecule has 180 valence electrons. The first-order valence-corrected chi connectivity index (χ1v) is 12.0. The van der Waals surface area contributed by atoms with Crippen LogP contribution in [0.4, 0.5) is 0 Å². The van der Waals surface area contributed by atoms with Crippen LogP contribution in [-0.2, 0) is 29.0 Å². The summed E-state index contributed by atoms with van der Waals surface area (Å²) >= 11 is 0. The number of nitrogens with two attached hydrogens (primary N) is 2. The van der Waals surface area contributed by atoms with Crippen molar-refractivity contribution < 1.29 is 9.59 Å². The first-order valence-electron chi connectivity index (χ1n) is 12.0. The van der Waals surface area contributed by atoms with Crippen molar-refractivity contribution in [3.63, 3.8) is 0 Å². The molecule has 0 spiro atoms. The molecule has 3 aromatic rings. The monoisotopic (exact) mass is 461 g/mol. The van der Waals surface area contributed by atoms with Gasteiger partial charge in [-0.05, 0) is 54.6 Å². The number of pyridine rings is 1. The van der Waals surface area contributed by atoms with E-state index in [0.29, 0.717) is 25.9 Å². The summed E-state index contributed by atoms with van der Waals surface area (Å²) in [5.74, 6) is -0.589. The van der Waals surface area contributed by atoms with Crippen LogP contribution in [0.15, 0.2) is 60.8 Å². The molecule has 7 heteroatoms. The molecule has 2 amide bonds. The lowest BCUT2D eigenvalue weighted by atomic mass is 10.0. The summed E-state index contributed by atoms with van der Waals surface area (Å²) in [6.45, 7) is 3.05. The maximum atomic E-state index is 13.1. The molecule has 0 unspecified atom stereocenters. The fourth-order valence-corrected chi connectivity index (χ4v) is 3.80. The molecule has 0 fully saturated rings. The Morgan fingerprint density at radius 3 is 2.44 bits per heavy atom. The van der Waals surface area contributed by atoms with Crippen LogP contribution in [0.2, 0.25) is 0 Å². The summed E-state index contributed by atoms with van der Waals surface area (Å²) in [5.41, 5.74) is 15.6. The van der Waals surface area contributed by atoms with Crippen LogP contribution in [0.5, 0.6) is 0 Å². The minimum Gasteiger partial charge on any atom is -0.350 e. The number of para-hydroxylation sites is 1. The van der Waals surface area contributed by atoms with Gasteiger partial charge in [0.2, 0.25) is 11.8 Å². The third-order valence-electron chi connectivity index (χ3n) is 5.92. The number of rotatable bonds is 12. The van der Waals surface area contributed by atoms with E-state index < -0.39 is 12.1 Å². The molecule has 0 radical (unpaired) electrons. The number of benzene rings is 2. The van der Waals surface area contributed by atoms with Crippen molar-refractivity contribution in [2.24, 2.45) is 11.5 Å². The standard InChI is InChI=1S/C27H35N5O2/c1-2-19-10-12-20(13-11-19)17-31-27(34)25(32-26(33)23(29)8-5-6-14-28)16-21-15-22-7-3-4-9-24(22)30-18-21/h3-4,7,9-13,15,18,23,25H,2,5-6,8,14,16-17,28-29H2,1H3,(H,31,34)(H,32,33)/t23-,25-/m1/s1. The SMILES string of the molecule is CCc1ccc(CNC(=O)[C@@H](Cc2cnc3ccccc3c2)NC(=O)[C@H](N)CCCCN)cc1. The molecule has 1 heterocycles. The number of fused-ring (bicyclic) bond motifs is 1. The van der Waals surface area contributed by atoms with E-state index in [1.54, 1.807) is 6.20 Å². The lowest BCUT2D eigenvalue weighted by Gasteiger charge is -2.21. The lowest BCUT2D eigenvalue weighted by molar-refractivity contribution is -0.129. The van der Waals surface area contributed by atoms with Crippen molar-refractivity contribution >= 4 is 22.7 Å². The molecule has 2 atom stereocenters. The Morgan fingerprint density at radius 1 is 0.971 bits per heavy atom. The van der Waals surface area contributed by atoms with Gasteiger partial charge in [0, 0.05) is 24.5 Å². The van der Waals surface area contributed by atoms with Crippen LogP contribution in [0.3, 0.4) is 0 Å². The predicted octanol–water partition coefficient (Wildman–Crippen LogP) is 2.60. The Kier molecular flexibility index (Phi) is 9.55. The maximum Gasteiger partial charge on any atom is 0.243 e. The summed E-state index contributed by atoms with van der Waals surface area (Å²) in [5, 5.41) is 6.80. The Bertz CT molecular complexity index is 1080. The third-order valence-corrected chi connectivity index (χ3v) is 5.92. The van der Waals surface area contributed by atoms with E-state index in [2.05, 4.69) is 34.7 Å². The first kappa shape index (κ1) is 25.3. The topological polar surface area (TPSA) is 123 Å². The summed E-state index contributed by atoms with van der Waals surface area (Å²) < 4.78 is 0. The van der Waals surface area contributed by atoms with Crippen LogP contribution < -0.4 is 22.1 Å². The van der Waals surface area contributed by atoms with E-state index in [9.17, 15) is 9.59 Å². The van der Waals surface area contributed by atoms with Gasteiger partial charge < -0.3 is 22.1 Å². The molecule has 0 bridgehead atoms. The maximum absolute atomic E-state index is 13.1. The minimum absolute atomic E-state index is 0.254. The van der Waals surface area contributed by atoms with E-state index >= 15 is 0 Å². The average molecular weight is 462 g/mol. The van der Waals surface area contributed by atoms with Gasteiger partial charge in [0.05, 0.1) is 11.6 Å². The number of aromatic nitrogens is 1. The molecule has 6 N–H and O–H groups in total. The fraction of sp³-hybridized carbons (Fsp3) is 0.370. The molecule has 3 rings (SSSR count). The van der Waals surface area contributed by atoms with Crippen molar-refractivity contribution in [1.82, 2.24) is 15.6 Å². The quantitative estimate of drug-likeness (QED) is 0.309. The normalized spacial score (nSPS) is 12.8. The number of unbranched alkanes of at least 4 members (excludes halogenated alkanes) is 1. The minimum atomic E-state index is -0.758. The first-order chi connectivity index (χ1) is 16.5. The molecule has 0 saturated carbocycles. The summed E-state index contributed by atoms with van der Waals surface area (Å²) in [4.78, 5) is 30.3. The highest BCUT2D eigenvalue weighted by atomic mass is 16.2. The van der Waals surface area contributed by atoms with Crippen LogP contribution in [0, 0.1) is 0 Å². The molecule has 34 heavy (non-hydrogen) atoms. The second-order valence-electron chi connectivity index (χ2n) is 8.58. The number of nitrogens with zero attached hydrogens (tertiary/aromatic N) is 1. The van der Waals surface area contributed by atoms with Gasteiger partial charge in [-0.25, -0.2) is 0 Å². The zero-order valence-corrected chi connectivity index (χ0v) is 19.8. The van der Waals surface area contributed by atoms with Crippen LogP contribution >= 0.6 is 0 Å². The number of amides is 2.